The van der Waals surface area contributed by atoms with Gasteiger partial charge in [-0.05, 0) is 36.6 Å². The zero-order valence-corrected chi connectivity index (χ0v) is 9.63. The maximum atomic E-state index is 10.3. The Kier molecular flexibility index (Phi) is 3.47. The molecule has 0 radical (unpaired) electrons. The van der Waals surface area contributed by atoms with Gasteiger partial charge in [0.25, 0.3) is 0 Å². The largest absolute Gasteiger partial charge is 0.478 e. The highest BCUT2D eigenvalue weighted by Crippen LogP contribution is 2.24. The Morgan fingerprint density at radius 3 is 2.64 bits per heavy atom. The maximum Gasteiger partial charge on any atom is 0.328 e. The molecular weight excluding hydrogens is 244 g/mol. The molecule has 0 aromatic heterocycles. The summed E-state index contributed by atoms with van der Waals surface area (Å²) in [5, 5.41) is 8.49. The van der Waals surface area contributed by atoms with E-state index in [2.05, 4.69) is 15.9 Å². The summed E-state index contributed by atoms with van der Waals surface area (Å²) in [5.41, 5.74) is 3.13. The number of halogens is 1. The van der Waals surface area contributed by atoms with Crippen LogP contribution in [0.25, 0.3) is 6.08 Å². The van der Waals surface area contributed by atoms with E-state index in [-0.39, 0.29) is 0 Å². The Hall–Kier alpha value is -1.09. The van der Waals surface area contributed by atoms with Gasteiger partial charge in [-0.15, -0.1) is 0 Å². The van der Waals surface area contributed by atoms with Gasteiger partial charge < -0.3 is 5.11 Å². The topological polar surface area (TPSA) is 37.3 Å². The summed E-state index contributed by atoms with van der Waals surface area (Å²) in [4.78, 5) is 10.3. The Morgan fingerprint density at radius 1 is 1.43 bits per heavy atom. The van der Waals surface area contributed by atoms with E-state index in [0.717, 1.165) is 27.2 Å². The Balaban J connectivity index is 3.12. The Labute approximate surface area is 91.4 Å². The van der Waals surface area contributed by atoms with E-state index in [4.69, 9.17) is 5.11 Å². The van der Waals surface area contributed by atoms with E-state index in [1.54, 1.807) is 6.08 Å². The lowest BCUT2D eigenvalue weighted by Gasteiger charge is -2.05. The first-order valence-electron chi connectivity index (χ1n) is 4.19. The van der Waals surface area contributed by atoms with Crippen molar-refractivity contribution in [3.63, 3.8) is 0 Å². The molecule has 74 valence electrons. The second-order valence-electron chi connectivity index (χ2n) is 3.08. The lowest BCUT2D eigenvalue weighted by molar-refractivity contribution is -0.131. The van der Waals surface area contributed by atoms with Gasteiger partial charge in [0.05, 0.1) is 0 Å². The molecule has 0 aliphatic heterocycles. The summed E-state index contributed by atoms with van der Waals surface area (Å²) < 4.78 is 1.03. The van der Waals surface area contributed by atoms with Crippen molar-refractivity contribution in [2.45, 2.75) is 13.8 Å². The number of carbonyl (C=O) groups is 1. The first-order chi connectivity index (χ1) is 6.52. The fraction of sp³-hybridized carbons (Fsp3) is 0.182. The molecule has 1 rings (SSSR count). The molecule has 14 heavy (non-hydrogen) atoms. The smallest absolute Gasteiger partial charge is 0.328 e. The minimum Gasteiger partial charge on any atom is -0.478 e. The third-order valence-corrected chi connectivity index (χ3v) is 3.25. The molecule has 1 aromatic rings. The summed E-state index contributed by atoms with van der Waals surface area (Å²) >= 11 is 3.46. The molecule has 1 N–H and O–H groups in total. The quantitative estimate of drug-likeness (QED) is 0.824. The average Bonchev–Trinajstić information content (AvgIpc) is 2.13. The van der Waals surface area contributed by atoms with Crippen molar-refractivity contribution in [2.75, 3.05) is 0 Å². The van der Waals surface area contributed by atoms with Gasteiger partial charge in [0.1, 0.15) is 0 Å². The van der Waals surface area contributed by atoms with E-state index >= 15 is 0 Å². The molecule has 0 unspecified atom stereocenters. The van der Waals surface area contributed by atoms with Crippen LogP contribution in [0.1, 0.15) is 16.7 Å². The minimum atomic E-state index is -0.930. The van der Waals surface area contributed by atoms with Crippen LogP contribution in [0.2, 0.25) is 0 Å². The van der Waals surface area contributed by atoms with Gasteiger partial charge in [-0.3, -0.25) is 0 Å². The molecule has 0 fully saturated rings. The summed E-state index contributed by atoms with van der Waals surface area (Å²) in [6.45, 7) is 3.96. The summed E-state index contributed by atoms with van der Waals surface area (Å²) in [7, 11) is 0. The Bertz CT molecular complexity index is 395. The normalized spacial score (nSPS) is 10.8. The fourth-order valence-electron chi connectivity index (χ4n) is 1.18. The highest BCUT2D eigenvalue weighted by atomic mass is 79.9. The van der Waals surface area contributed by atoms with Crippen molar-refractivity contribution < 1.29 is 9.90 Å². The zero-order chi connectivity index (χ0) is 10.7. The molecule has 0 aliphatic carbocycles. The van der Waals surface area contributed by atoms with Crippen molar-refractivity contribution >= 4 is 28.0 Å². The van der Waals surface area contributed by atoms with Crippen LogP contribution in [0.15, 0.2) is 22.7 Å². The number of carboxylic acid groups (broad SMARTS) is 1. The molecule has 0 spiro atoms. The van der Waals surface area contributed by atoms with Crippen LogP contribution in [0.4, 0.5) is 0 Å². The van der Waals surface area contributed by atoms with Gasteiger partial charge in [0.2, 0.25) is 0 Å². The van der Waals surface area contributed by atoms with Gasteiger partial charge in [0, 0.05) is 10.5 Å². The van der Waals surface area contributed by atoms with Crippen molar-refractivity contribution in [3.8, 4) is 0 Å². The average molecular weight is 255 g/mol. The van der Waals surface area contributed by atoms with E-state index in [1.165, 1.54) is 0 Å². The minimum absolute atomic E-state index is 0.921. The van der Waals surface area contributed by atoms with Crippen molar-refractivity contribution in [1.29, 1.82) is 0 Å². The molecule has 2 nitrogen and oxygen atoms in total. The third-order valence-electron chi connectivity index (χ3n) is 2.03. The third kappa shape index (κ3) is 2.45. The molecular formula is C11H11BrO2. The molecule has 0 aliphatic rings. The predicted molar refractivity (Wildman–Crippen MR) is 60.3 cm³/mol. The fourth-order valence-corrected chi connectivity index (χ4v) is 1.54. The second-order valence-corrected chi connectivity index (χ2v) is 3.88. The highest BCUT2D eigenvalue weighted by Gasteiger charge is 2.02. The summed E-state index contributed by atoms with van der Waals surface area (Å²) in [6, 6.07) is 3.87. The first kappa shape index (κ1) is 11.0. The monoisotopic (exact) mass is 254 g/mol. The number of rotatable bonds is 2. The van der Waals surface area contributed by atoms with E-state index in [1.807, 2.05) is 26.0 Å². The number of aliphatic carboxylic acids is 1. The van der Waals surface area contributed by atoms with Crippen LogP contribution >= 0.6 is 15.9 Å². The van der Waals surface area contributed by atoms with Crippen molar-refractivity contribution in [1.82, 2.24) is 0 Å². The molecule has 0 heterocycles. The van der Waals surface area contributed by atoms with Crippen molar-refractivity contribution in [3.05, 3.63) is 39.4 Å². The lowest BCUT2D eigenvalue weighted by atomic mass is 10.1. The van der Waals surface area contributed by atoms with Gasteiger partial charge in [-0.25, -0.2) is 4.79 Å². The van der Waals surface area contributed by atoms with Gasteiger partial charge in [0.15, 0.2) is 0 Å². The standard InChI is InChI=1S/C11H11BrO2/c1-7-3-4-9(5-6-10(13)14)8(2)11(7)12/h3-6H,1-2H3,(H,13,14). The van der Waals surface area contributed by atoms with Gasteiger partial charge in [-0.2, -0.15) is 0 Å². The summed E-state index contributed by atoms with van der Waals surface area (Å²) in [5.74, 6) is -0.930. The maximum absolute atomic E-state index is 10.3. The van der Waals surface area contributed by atoms with Crippen molar-refractivity contribution in [2.24, 2.45) is 0 Å². The van der Waals surface area contributed by atoms with E-state index in [0.29, 0.717) is 0 Å². The molecule has 0 saturated carbocycles. The SMILES string of the molecule is Cc1ccc(C=CC(=O)O)c(C)c1Br. The number of hydrogen-bond donors (Lipinski definition) is 1. The molecule has 0 atom stereocenters. The van der Waals surface area contributed by atoms with Crippen LogP contribution in [-0.4, -0.2) is 11.1 Å². The molecule has 0 saturated heterocycles. The van der Waals surface area contributed by atoms with Crippen LogP contribution in [0, 0.1) is 13.8 Å². The predicted octanol–water partition coefficient (Wildman–Crippen LogP) is 3.16. The van der Waals surface area contributed by atoms with Crippen LogP contribution in [0.5, 0.6) is 0 Å². The second kappa shape index (κ2) is 4.42. The lowest BCUT2D eigenvalue weighted by Crippen LogP contribution is -1.89. The van der Waals surface area contributed by atoms with Crippen LogP contribution in [-0.2, 0) is 4.79 Å². The number of benzene rings is 1. The van der Waals surface area contributed by atoms with Crippen LogP contribution < -0.4 is 0 Å². The van der Waals surface area contributed by atoms with E-state index < -0.39 is 5.97 Å². The molecule has 3 heteroatoms. The van der Waals surface area contributed by atoms with Crippen LogP contribution in [0.3, 0.4) is 0 Å². The number of aryl methyl sites for hydroxylation is 1. The molecule has 0 bridgehead atoms. The van der Waals surface area contributed by atoms with Gasteiger partial charge >= 0.3 is 5.97 Å². The first-order valence-corrected chi connectivity index (χ1v) is 4.98. The summed E-state index contributed by atoms with van der Waals surface area (Å²) in [6.07, 6.45) is 2.74. The van der Waals surface area contributed by atoms with E-state index in [9.17, 15) is 4.79 Å². The van der Waals surface area contributed by atoms with Gasteiger partial charge in [-0.1, -0.05) is 28.1 Å². The number of carboxylic acids is 1. The highest BCUT2D eigenvalue weighted by molar-refractivity contribution is 9.10. The molecule has 0 amide bonds. The zero-order valence-electron chi connectivity index (χ0n) is 8.04. The Morgan fingerprint density at radius 2 is 2.07 bits per heavy atom. The number of hydrogen-bond acceptors (Lipinski definition) is 1. The molecule has 1 aromatic carbocycles.